The van der Waals surface area contributed by atoms with Gasteiger partial charge in [0.2, 0.25) is 10.0 Å². The Bertz CT molecular complexity index is 657. The summed E-state index contributed by atoms with van der Waals surface area (Å²) in [4.78, 5) is 11.8. The third kappa shape index (κ3) is 2.89. The first-order valence-corrected chi connectivity index (χ1v) is 8.15. The Morgan fingerprint density at radius 3 is 2.62 bits per heavy atom. The van der Waals surface area contributed by atoms with E-state index >= 15 is 0 Å². The second kappa shape index (κ2) is 5.65. The molecule has 0 aliphatic carbocycles. The highest BCUT2D eigenvalue weighted by Gasteiger charge is 2.41. The van der Waals surface area contributed by atoms with Crippen LogP contribution in [0.1, 0.15) is 12.5 Å². The van der Waals surface area contributed by atoms with Gasteiger partial charge in [-0.25, -0.2) is 8.42 Å². The van der Waals surface area contributed by atoms with Crippen LogP contribution in [0.3, 0.4) is 0 Å². The lowest BCUT2D eigenvalue weighted by molar-refractivity contribution is -0.145. The number of esters is 1. The minimum absolute atomic E-state index is 0.0844. The fourth-order valence-electron chi connectivity index (χ4n) is 2.62. The number of nitrogens with two attached hydrogens (primary N) is 1. The lowest BCUT2D eigenvalue weighted by atomic mass is 9.99. The maximum absolute atomic E-state index is 12.7. The molecule has 116 valence electrons. The van der Waals surface area contributed by atoms with Gasteiger partial charge in [0.15, 0.2) is 0 Å². The van der Waals surface area contributed by atoms with Gasteiger partial charge in [0.25, 0.3) is 0 Å². The Kier molecular flexibility index (Phi) is 4.25. The van der Waals surface area contributed by atoms with E-state index in [2.05, 4.69) is 0 Å². The lowest BCUT2D eigenvalue weighted by Crippen LogP contribution is -2.30. The third-order valence-corrected chi connectivity index (χ3v) is 5.77. The SMILES string of the molecule is COC(=O)C1CN(S(=O)(=O)c2ccc(C)cc2N)CC1C. The van der Waals surface area contributed by atoms with Crippen LogP contribution in [0.5, 0.6) is 0 Å². The molecule has 1 heterocycles. The van der Waals surface area contributed by atoms with Crippen molar-refractivity contribution >= 4 is 21.7 Å². The number of carbonyl (C=O) groups excluding carboxylic acids is 1. The first-order chi connectivity index (χ1) is 9.77. The molecule has 2 rings (SSSR count). The van der Waals surface area contributed by atoms with Gasteiger partial charge in [-0.1, -0.05) is 13.0 Å². The van der Waals surface area contributed by atoms with Crippen LogP contribution in [0.2, 0.25) is 0 Å². The van der Waals surface area contributed by atoms with Crippen LogP contribution < -0.4 is 5.73 Å². The van der Waals surface area contributed by atoms with E-state index in [-0.39, 0.29) is 35.6 Å². The van der Waals surface area contributed by atoms with E-state index in [0.717, 1.165) is 5.56 Å². The largest absolute Gasteiger partial charge is 0.469 e. The van der Waals surface area contributed by atoms with Crippen LogP contribution in [-0.4, -0.2) is 38.9 Å². The lowest BCUT2D eigenvalue weighted by Gasteiger charge is -2.17. The van der Waals surface area contributed by atoms with Crippen LogP contribution in [-0.2, 0) is 19.6 Å². The van der Waals surface area contributed by atoms with Crippen LogP contribution in [0.4, 0.5) is 5.69 Å². The molecule has 0 aromatic heterocycles. The van der Waals surface area contributed by atoms with E-state index in [4.69, 9.17) is 10.5 Å². The smallest absolute Gasteiger partial charge is 0.310 e. The minimum atomic E-state index is -3.69. The fraction of sp³-hybridized carbons (Fsp3) is 0.500. The highest BCUT2D eigenvalue weighted by molar-refractivity contribution is 7.89. The molecular weight excluding hydrogens is 292 g/mol. The number of ether oxygens (including phenoxy) is 1. The van der Waals surface area contributed by atoms with E-state index in [1.54, 1.807) is 12.1 Å². The summed E-state index contributed by atoms with van der Waals surface area (Å²) in [5.41, 5.74) is 6.96. The summed E-state index contributed by atoms with van der Waals surface area (Å²) in [6.07, 6.45) is 0. The Balaban J connectivity index is 2.31. The van der Waals surface area contributed by atoms with Gasteiger partial charge >= 0.3 is 5.97 Å². The molecule has 1 fully saturated rings. The summed E-state index contributed by atoms with van der Waals surface area (Å²) in [7, 11) is -2.38. The van der Waals surface area contributed by atoms with Crippen molar-refractivity contribution in [2.45, 2.75) is 18.7 Å². The zero-order valence-corrected chi connectivity index (χ0v) is 13.2. The molecule has 2 unspecified atom stereocenters. The van der Waals surface area contributed by atoms with Crippen molar-refractivity contribution < 1.29 is 17.9 Å². The molecule has 2 atom stereocenters. The van der Waals surface area contributed by atoms with Gasteiger partial charge in [-0.2, -0.15) is 4.31 Å². The number of aryl methyl sites for hydroxylation is 1. The van der Waals surface area contributed by atoms with Crippen molar-refractivity contribution in [3.05, 3.63) is 23.8 Å². The topological polar surface area (TPSA) is 89.7 Å². The van der Waals surface area contributed by atoms with Crippen molar-refractivity contribution in [2.24, 2.45) is 11.8 Å². The van der Waals surface area contributed by atoms with Gasteiger partial charge in [-0.3, -0.25) is 4.79 Å². The average Bonchev–Trinajstić information content (AvgIpc) is 2.80. The summed E-state index contributed by atoms with van der Waals surface area (Å²) in [5.74, 6) is -0.896. The molecule has 0 saturated carbocycles. The summed E-state index contributed by atoms with van der Waals surface area (Å²) in [5, 5.41) is 0. The number of carbonyl (C=O) groups is 1. The Morgan fingerprint density at radius 2 is 2.05 bits per heavy atom. The van der Waals surface area contributed by atoms with Gasteiger partial charge in [0.1, 0.15) is 4.90 Å². The number of methoxy groups -OCH3 is 1. The number of hydrogen-bond acceptors (Lipinski definition) is 5. The van der Waals surface area contributed by atoms with Crippen LogP contribution in [0.25, 0.3) is 0 Å². The molecule has 6 nitrogen and oxygen atoms in total. The highest BCUT2D eigenvalue weighted by atomic mass is 32.2. The fourth-order valence-corrected chi connectivity index (χ4v) is 4.28. The molecule has 1 aliphatic heterocycles. The Hall–Kier alpha value is -1.60. The molecule has 1 aliphatic rings. The molecule has 0 amide bonds. The monoisotopic (exact) mass is 312 g/mol. The number of hydrogen-bond donors (Lipinski definition) is 1. The van der Waals surface area contributed by atoms with E-state index in [9.17, 15) is 13.2 Å². The van der Waals surface area contributed by atoms with Crippen molar-refractivity contribution in [2.75, 3.05) is 25.9 Å². The first kappa shape index (κ1) is 15.8. The van der Waals surface area contributed by atoms with Gasteiger partial charge in [-0.15, -0.1) is 0 Å². The molecule has 1 aromatic rings. The maximum atomic E-state index is 12.7. The van der Waals surface area contributed by atoms with E-state index in [1.165, 1.54) is 17.5 Å². The van der Waals surface area contributed by atoms with Crippen LogP contribution >= 0.6 is 0 Å². The summed E-state index contributed by atoms with van der Waals surface area (Å²) >= 11 is 0. The quantitative estimate of drug-likeness (QED) is 0.664. The Morgan fingerprint density at radius 1 is 1.38 bits per heavy atom. The number of nitrogen functional groups attached to an aromatic ring is 1. The van der Waals surface area contributed by atoms with Gasteiger partial charge < -0.3 is 10.5 Å². The molecule has 2 N–H and O–H groups in total. The van der Waals surface area contributed by atoms with Gasteiger partial charge in [0.05, 0.1) is 18.7 Å². The van der Waals surface area contributed by atoms with Crippen molar-refractivity contribution in [1.82, 2.24) is 4.31 Å². The molecule has 7 heteroatoms. The summed E-state index contributed by atoms with van der Waals surface area (Å²) in [6.45, 7) is 4.10. The normalized spacial score (nSPS) is 23.2. The van der Waals surface area contributed by atoms with Gasteiger partial charge in [-0.05, 0) is 30.5 Å². The molecule has 0 radical (unpaired) electrons. The Labute approximate surface area is 124 Å². The predicted octanol–water partition coefficient (Wildman–Crippen LogP) is 1.01. The second-order valence-corrected chi connectivity index (χ2v) is 7.38. The zero-order valence-electron chi connectivity index (χ0n) is 12.4. The van der Waals surface area contributed by atoms with Crippen molar-refractivity contribution in [3.8, 4) is 0 Å². The predicted molar refractivity (Wildman–Crippen MR) is 79.0 cm³/mol. The number of sulfonamides is 1. The van der Waals surface area contributed by atoms with E-state index in [0.29, 0.717) is 0 Å². The molecule has 1 aromatic carbocycles. The molecule has 21 heavy (non-hydrogen) atoms. The number of nitrogens with zero attached hydrogens (tertiary/aromatic N) is 1. The molecule has 1 saturated heterocycles. The minimum Gasteiger partial charge on any atom is -0.469 e. The van der Waals surface area contributed by atoms with Crippen LogP contribution in [0.15, 0.2) is 23.1 Å². The number of rotatable bonds is 3. The number of benzene rings is 1. The van der Waals surface area contributed by atoms with Crippen LogP contribution in [0, 0.1) is 18.8 Å². The zero-order chi connectivity index (χ0) is 15.8. The second-order valence-electron chi connectivity index (χ2n) is 5.47. The highest BCUT2D eigenvalue weighted by Crippen LogP contribution is 2.31. The molecule has 0 spiro atoms. The summed E-state index contributed by atoms with van der Waals surface area (Å²) in [6, 6.07) is 4.85. The van der Waals surface area contributed by atoms with Gasteiger partial charge in [0, 0.05) is 13.1 Å². The third-order valence-electron chi connectivity index (χ3n) is 3.87. The van der Waals surface area contributed by atoms with Crippen molar-refractivity contribution in [3.63, 3.8) is 0 Å². The standard InChI is InChI=1S/C14H20N2O4S/c1-9-4-5-13(12(15)6-9)21(18,19)16-7-10(2)11(8-16)14(17)20-3/h4-6,10-11H,7-8,15H2,1-3H3. The number of anilines is 1. The van der Waals surface area contributed by atoms with Crippen molar-refractivity contribution in [1.29, 1.82) is 0 Å². The van der Waals surface area contributed by atoms with E-state index < -0.39 is 15.9 Å². The molecular formula is C14H20N2O4S. The average molecular weight is 312 g/mol. The molecule has 0 bridgehead atoms. The first-order valence-electron chi connectivity index (χ1n) is 6.71. The maximum Gasteiger partial charge on any atom is 0.310 e. The van der Waals surface area contributed by atoms with E-state index in [1.807, 2.05) is 13.8 Å². The summed E-state index contributed by atoms with van der Waals surface area (Å²) < 4.78 is 31.4.